The monoisotopic (exact) mass is 398 g/mol. The molecule has 2 aliphatic heterocycles. The van der Waals surface area contributed by atoms with Gasteiger partial charge in [0.05, 0.1) is 31.6 Å². The molecule has 1 N–H and O–H groups in total. The van der Waals surface area contributed by atoms with Crippen LogP contribution in [0.4, 0.5) is 5.69 Å². The average molecular weight is 398 g/mol. The van der Waals surface area contributed by atoms with Crippen molar-refractivity contribution >= 4 is 17.5 Å². The fraction of sp³-hybridized carbons (Fsp3) is 0.455. The Morgan fingerprint density at radius 2 is 2.14 bits per heavy atom. The van der Waals surface area contributed by atoms with E-state index in [1.54, 1.807) is 26.2 Å². The molecule has 7 nitrogen and oxygen atoms in total. The van der Waals surface area contributed by atoms with Gasteiger partial charge in [-0.05, 0) is 37.6 Å². The second-order valence-corrected chi connectivity index (χ2v) is 8.07. The fourth-order valence-electron chi connectivity index (χ4n) is 4.36. The minimum absolute atomic E-state index is 0.0372. The smallest absolute Gasteiger partial charge is 0.259 e. The molecule has 3 heterocycles. The molecule has 7 heteroatoms. The van der Waals surface area contributed by atoms with Crippen LogP contribution < -0.4 is 5.32 Å². The van der Waals surface area contributed by atoms with Crippen LogP contribution in [-0.2, 0) is 9.47 Å². The molecule has 154 valence electrons. The van der Waals surface area contributed by atoms with Gasteiger partial charge in [0.25, 0.3) is 11.8 Å². The molecule has 2 saturated heterocycles. The van der Waals surface area contributed by atoms with Crippen LogP contribution >= 0.6 is 0 Å². The summed E-state index contributed by atoms with van der Waals surface area (Å²) >= 11 is 0. The van der Waals surface area contributed by atoms with Crippen LogP contribution in [-0.4, -0.2) is 56.7 Å². The van der Waals surface area contributed by atoms with E-state index in [4.69, 9.17) is 13.9 Å². The number of hydrogen-bond donors (Lipinski definition) is 1. The SMILES string of the molecule is COC[C@@]12COC[C@@H]1CN(C(=O)c1ccc(C)c(NC(=O)c3ccoc3C)c1)C2. The summed E-state index contributed by atoms with van der Waals surface area (Å²) in [5.41, 5.74) is 2.43. The summed E-state index contributed by atoms with van der Waals surface area (Å²) < 4.78 is 16.3. The van der Waals surface area contributed by atoms with E-state index in [1.165, 1.54) is 6.26 Å². The predicted octanol–water partition coefficient (Wildman–Crippen LogP) is 2.88. The van der Waals surface area contributed by atoms with Crippen LogP contribution in [0.2, 0.25) is 0 Å². The molecular formula is C22H26N2O5. The van der Waals surface area contributed by atoms with Gasteiger partial charge in [-0.25, -0.2) is 0 Å². The number of ether oxygens (including phenoxy) is 2. The molecule has 2 amide bonds. The molecular weight excluding hydrogens is 372 g/mol. The Morgan fingerprint density at radius 1 is 1.31 bits per heavy atom. The van der Waals surface area contributed by atoms with Crippen molar-refractivity contribution in [2.24, 2.45) is 11.3 Å². The first-order chi connectivity index (χ1) is 13.9. The summed E-state index contributed by atoms with van der Waals surface area (Å²) in [4.78, 5) is 27.6. The number of likely N-dealkylation sites (tertiary alicyclic amines) is 1. The summed E-state index contributed by atoms with van der Waals surface area (Å²) in [6.45, 7) is 6.78. The molecule has 29 heavy (non-hydrogen) atoms. The van der Waals surface area contributed by atoms with Crippen LogP contribution in [0.3, 0.4) is 0 Å². The lowest BCUT2D eigenvalue weighted by Gasteiger charge is -2.26. The molecule has 0 saturated carbocycles. The fourth-order valence-corrected chi connectivity index (χ4v) is 4.36. The number of nitrogens with zero attached hydrogens (tertiary/aromatic N) is 1. The summed E-state index contributed by atoms with van der Waals surface area (Å²) in [6, 6.07) is 7.05. The van der Waals surface area contributed by atoms with E-state index in [2.05, 4.69) is 5.32 Å². The lowest BCUT2D eigenvalue weighted by Crippen LogP contribution is -2.37. The van der Waals surface area contributed by atoms with Crippen molar-refractivity contribution in [2.75, 3.05) is 45.3 Å². The Hall–Kier alpha value is -2.64. The van der Waals surface area contributed by atoms with Crippen molar-refractivity contribution in [1.82, 2.24) is 4.90 Å². The number of rotatable bonds is 5. The number of hydrogen-bond acceptors (Lipinski definition) is 5. The maximum absolute atomic E-state index is 13.2. The van der Waals surface area contributed by atoms with Gasteiger partial charge in [-0.3, -0.25) is 9.59 Å². The van der Waals surface area contributed by atoms with Crippen molar-refractivity contribution in [1.29, 1.82) is 0 Å². The number of carbonyl (C=O) groups is 2. The summed E-state index contributed by atoms with van der Waals surface area (Å²) in [5.74, 6) is 0.558. The van der Waals surface area contributed by atoms with E-state index in [-0.39, 0.29) is 17.2 Å². The van der Waals surface area contributed by atoms with Crippen LogP contribution in [0.15, 0.2) is 34.9 Å². The molecule has 2 atom stereocenters. The number of methoxy groups -OCH3 is 1. The Morgan fingerprint density at radius 3 is 2.86 bits per heavy atom. The second kappa shape index (κ2) is 7.65. The van der Waals surface area contributed by atoms with E-state index in [1.807, 2.05) is 24.0 Å². The second-order valence-electron chi connectivity index (χ2n) is 8.07. The number of fused-ring (bicyclic) bond motifs is 1. The van der Waals surface area contributed by atoms with Gasteiger partial charge in [0.15, 0.2) is 0 Å². The van der Waals surface area contributed by atoms with Crippen LogP contribution in [0.5, 0.6) is 0 Å². The molecule has 2 aromatic rings. The minimum atomic E-state index is -0.254. The lowest BCUT2D eigenvalue weighted by atomic mass is 9.82. The molecule has 0 bridgehead atoms. The van der Waals surface area contributed by atoms with Crippen molar-refractivity contribution in [2.45, 2.75) is 13.8 Å². The first kappa shape index (κ1) is 19.7. The third-order valence-corrected chi connectivity index (χ3v) is 6.08. The number of benzene rings is 1. The molecule has 4 rings (SSSR count). The third-order valence-electron chi connectivity index (χ3n) is 6.08. The van der Waals surface area contributed by atoms with Gasteiger partial charge in [0.2, 0.25) is 0 Å². The summed E-state index contributed by atoms with van der Waals surface area (Å²) in [5, 5.41) is 2.90. The van der Waals surface area contributed by atoms with Crippen LogP contribution in [0, 0.1) is 25.2 Å². The number of carbonyl (C=O) groups excluding carboxylic acids is 2. The van der Waals surface area contributed by atoms with Gasteiger partial charge in [-0.1, -0.05) is 6.07 Å². The van der Waals surface area contributed by atoms with Gasteiger partial charge < -0.3 is 24.1 Å². The van der Waals surface area contributed by atoms with Crippen molar-refractivity contribution < 1.29 is 23.5 Å². The van der Waals surface area contributed by atoms with E-state index in [9.17, 15) is 9.59 Å². The van der Waals surface area contributed by atoms with Crippen molar-refractivity contribution in [3.05, 3.63) is 53.0 Å². The van der Waals surface area contributed by atoms with E-state index in [0.717, 1.165) is 5.56 Å². The highest BCUT2D eigenvalue weighted by molar-refractivity contribution is 6.06. The Kier molecular flexibility index (Phi) is 5.19. The van der Waals surface area contributed by atoms with Gasteiger partial charge in [0, 0.05) is 42.8 Å². The molecule has 0 aliphatic carbocycles. The zero-order valence-electron chi connectivity index (χ0n) is 17.0. The van der Waals surface area contributed by atoms with Gasteiger partial charge >= 0.3 is 0 Å². The maximum Gasteiger partial charge on any atom is 0.259 e. The minimum Gasteiger partial charge on any atom is -0.469 e. The zero-order chi connectivity index (χ0) is 20.6. The third kappa shape index (κ3) is 3.56. The molecule has 0 unspecified atom stereocenters. The topological polar surface area (TPSA) is 81.0 Å². The van der Waals surface area contributed by atoms with Gasteiger partial charge in [-0.15, -0.1) is 0 Å². The zero-order valence-corrected chi connectivity index (χ0v) is 17.0. The number of amides is 2. The van der Waals surface area contributed by atoms with Crippen molar-refractivity contribution in [3.63, 3.8) is 0 Å². The Bertz CT molecular complexity index is 937. The van der Waals surface area contributed by atoms with Crippen LogP contribution in [0.1, 0.15) is 32.0 Å². The molecule has 1 aromatic heterocycles. The lowest BCUT2D eigenvalue weighted by molar-refractivity contribution is 0.0489. The molecule has 1 aromatic carbocycles. The first-order valence-electron chi connectivity index (χ1n) is 9.75. The molecule has 0 radical (unpaired) electrons. The Balaban J connectivity index is 1.52. The number of nitrogens with one attached hydrogen (secondary N) is 1. The molecule has 0 spiro atoms. The highest BCUT2D eigenvalue weighted by atomic mass is 16.5. The van der Waals surface area contributed by atoms with Crippen LogP contribution in [0.25, 0.3) is 0 Å². The molecule has 2 aliphatic rings. The number of anilines is 1. The maximum atomic E-state index is 13.2. The van der Waals surface area contributed by atoms with E-state index in [0.29, 0.717) is 61.4 Å². The largest absolute Gasteiger partial charge is 0.469 e. The van der Waals surface area contributed by atoms with Gasteiger partial charge in [0.1, 0.15) is 5.76 Å². The normalized spacial score (nSPS) is 23.3. The summed E-state index contributed by atoms with van der Waals surface area (Å²) in [7, 11) is 1.69. The highest BCUT2D eigenvalue weighted by Crippen LogP contribution is 2.42. The highest BCUT2D eigenvalue weighted by Gasteiger charge is 2.51. The summed E-state index contributed by atoms with van der Waals surface area (Å²) in [6.07, 6.45) is 1.49. The quantitative estimate of drug-likeness (QED) is 0.838. The average Bonchev–Trinajstić information content (AvgIpc) is 3.37. The predicted molar refractivity (Wildman–Crippen MR) is 107 cm³/mol. The molecule has 2 fully saturated rings. The van der Waals surface area contributed by atoms with E-state index < -0.39 is 0 Å². The van der Waals surface area contributed by atoms with Gasteiger partial charge in [-0.2, -0.15) is 0 Å². The number of furan rings is 1. The number of aryl methyl sites for hydroxylation is 2. The van der Waals surface area contributed by atoms with E-state index >= 15 is 0 Å². The van der Waals surface area contributed by atoms with Crippen molar-refractivity contribution in [3.8, 4) is 0 Å². The standard InChI is InChI=1S/C22H26N2O5/c1-14-4-5-16(8-19(14)23-20(25)18-6-7-29-15(18)2)21(26)24-9-17-10-28-13-22(17,11-24)12-27-3/h4-8,17H,9-13H2,1-3H3,(H,23,25)/t17-,22-/m0/s1. The first-order valence-corrected chi connectivity index (χ1v) is 9.75. The Labute approximate surface area is 170 Å².